The third kappa shape index (κ3) is 5.07. The third-order valence-corrected chi connectivity index (χ3v) is 2.17. The van der Waals surface area contributed by atoms with E-state index < -0.39 is 12.1 Å². The topological polar surface area (TPSA) is 99.5 Å². The summed E-state index contributed by atoms with van der Waals surface area (Å²) in [6.07, 6.45) is 2.52. The predicted molar refractivity (Wildman–Crippen MR) is 59.2 cm³/mol. The van der Waals surface area contributed by atoms with Gasteiger partial charge in [-0.15, -0.1) is 0 Å². The van der Waals surface area contributed by atoms with Gasteiger partial charge in [0.15, 0.2) is 6.10 Å². The van der Waals surface area contributed by atoms with Gasteiger partial charge in [0.05, 0.1) is 6.54 Å². The zero-order chi connectivity index (χ0) is 12.7. The summed E-state index contributed by atoms with van der Waals surface area (Å²) in [5.41, 5.74) is 0.980. The Balaban J connectivity index is 2.24. The second-order valence-electron chi connectivity index (χ2n) is 3.51. The fraction of sp³-hybridized carbons (Fsp3) is 0.364. The highest BCUT2D eigenvalue weighted by Crippen LogP contribution is 2.00. The number of nitrogens with one attached hydrogen (secondary N) is 1. The van der Waals surface area contributed by atoms with Crippen LogP contribution in [-0.2, 0) is 16.0 Å². The molecule has 0 aliphatic carbocycles. The maximum Gasteiger partial charge on any atom is 0.334 e. The number of rotatable bonds is 6. The lowest BCUT2D eigenvalue weighted by Crippen LogP contribution is -2.36. The van der Waals surface area contributed by atoms with Crippen molar-refractivity contribution in [2.24, 2.45) is 0 Å². The quantitative estimate of drug-likeness (QED) is 0.625. The second-order valence-corrected chi connectivity index (χ2v) is 3.51. The van der Waals surface area contributed by atoms with Crippen LogP contribution in [0, 0.1) is 0 Å². The van der Waals surface area contributed by atoms with Gasteiger partial charge >= 0.3 is 5.97 Å². The number of amides is 1. The molecule has 92 valence electrons. The van der Waals surface area contributed by atoms with Crippen molar-refractivity contribution in [3.63, 3.8) is 0 Å². The standard InChI is InChI=1S/C11H14N2O4/c14-9(11(16)17)7-13-10(15)2-1-8-3-5-12-6-4-8/h3-6,9,14H,1-2,7H2,(H,13,15)(H,16,17). The first kappa shape index (κ1) is 13.1. The largest absolute Gasteiger partial charge is 0.479 e. The van der Waals surface area contributed by atoms with Gasteiger partial charge in [0.1, 0.15) is 0 Å². The predicted octanol–water partition coefficient (Wildman–Crippen LogP) is -0.424. The van der Waals surface area contributed by atoms with Gasteiger partial charge in [-0.05, 0) is 24.1 Å². The number of aliphatic hydroxyl groups excluding tert-OH is 1. The molecule has 0 radical (unpaired) electrons. The van der Waals surface area contributed by atoms with Gasteiger partial charge in [-0.25, -0.2) is 4.79 Å². The number of hydrogen-bond donors (Lipinski definition) is 3. The van der Waals surface area contributed by atoms with Crippen LogP contribution in [0.1, 0.15) is 12.0 Å². The van der Waals surface area contributed by atoms with Gasteiger partial charge in [0, 0.05) is 18.8 Å². The Hall–Kier alpha value is -1.95. The number of hydrogen-bond acceptors (Lipinski definition) is 4. The minimum Gasteiger partial charge on any atom is -0.479 e. The fourth-order valence-corrected chi connectivity index (χ4v) is 1.19. The van der Waals surface area contributed by atoms with Gasteiger partial charge in [0.2, 0.25) is 5.91 Å². The Labute approximate surface area is 98.3 Å². The molecular formula is C11H14N2O4. The summed E-state index contributed by atoms with van der Waals surface area (Å²) in [6.45, 7) is -0.273. The van der Waals surface area contributed by atoms with Gasteiger partial charge < -0.3 is 15.5 Å². The van der Waals surface area contributed by atoms with Crippen LogP contribution < -0.4 is 5.32 Å². The Bertz CT molecular complexity index is 380. The van der Waals surface area contributed by atoms with Crippen molar-refractivity contribution in [1.82, 2.24) is 10.3 Å². The van der Waals surface area contributed by atoms with E-state index >= 15 is 0 Å². The fourth-order valence-electron chi connectivity index (χ4n) is 1.19. The minimum atomic E-state index is -1.56. The number of aliphatic carboxylic acids is 1. The van der Waals surface area contributed by atoms with Crippen molar-refractivity contribution in [3.8, 4) is 0 Å². The van der Waals surface area contributed by atoms with Gasteiger partial charge in [0.25, 0.3) is 0 Å². The highest BCUT2D eigenvalue weighted by atomic mass is 16.4. The summed E-state index contributed by atoms with van der Waals surface area (Å²) >= 11 is 0. The molecule has 1 aromatic heterocycles. The molecule has 0 saturated heterocycles. The summed E-state index contributed by atoms with van der Waals surface area (Å²) in [5, 5.41) is 19.7. The number of aryl methyl sites for hydroxylation is 1. The van der Waals surface area contributed by atoms with Crippen LogP contribution in [0.3, 0.4) is 0 Å². The smallest absolute Gasteiger partial charge is 0.334 e. The first-order chi connectivity index (χ1) is 8.09. The van der Waals surface area contributed by atoms with Crippen LogP contribution >= 0.6 is 0 Å². The van der Waals surface area contributed by atoms with Crippen LogP contribution in [0.15, 0.2) is 24.5 Å². The molecule has 1 heterocycles. The average Bonchev–Trinajstić information content (AvgIpc) is 2.34. The molecule has 0 saturated carbocycles. The lowest BCUT2D eigenvalue weighted by Gasteiger charge is -2.07. The molecule has 0 aliphatic rings. The highest BCUT2D eigenvalue weighted by Gasteiger charge is 2.13. The Morgan fingerprint density at radius 3 is 2.59 bits per heavy atom. The van der Waals surface area contributed by atoms with E-state index in [4.69, 9.17) is 10.2 Å². The van der Waals surface area contributed by atoms with Gasteiger partial charge in [-0.1, -0.05) is 0 Å². The lowest BCUT2D eigenvalue weighted by atomic mass is 10.1. The summed E-state index contributed by atoms with van der Waals surface area (Å²) in [4.78, 5) is 25.4. The maximum absolute atomic E-state index is 11.3. The third-order valence-electron chi connectivity index (χ3n) is 2.17. The first-order valence-corrected chi connectivity index (χ1v) is 5.16. The van der Waals surface area contributed by atoms with E-state index in [2.05, 4.69) is 10.3 Å². The molecule has 0 fully saturated rings. The molecule has 6 heteroatoms. The number of carboxylic acids is 1. The number of carbonyl (C=O) groups is 2. The zero-order valence-corrected chi connectivity index (χ0v) is 9.17. The zero-order valence-electron chi connectivity index (χ0n) is 9.17. The van der Waals surface area contributed by atoms with Crippen molar-refractivity contribution in [1.29, 1.82) is 0 Å². The molecule has 1 unspecified atom stereocenters. The van der Waals surface area contributed by atoms with Crippen molar-refractivity contribution in [2.45, 2.75) is 18.9 Å². The molecule has 0 bridgehead atoms. The summed E-state index contributed by atoms with van der Waals surface area (Å²) in [7, 11) is 0. The highest BCUT2D eigenvalue weighted by molar-refractivity contribution is 5.78. The van der Waals surface area contributed by atoms with Crippen LogP contribution in [-0.4, -0.2) is 39.7 Å². The molecule has 1 amide bonds. The van der Waals surface area contributed by atoms with E-state index in [1.54, 1.807) is 24.5 Å². The Morgan fingerprint density at radius 1 is 1.35 bits per heavy atom. The van der Waals surface area contributed by atoms with E-state index in [1.807, 2.05) is 0 Å². The van der Waals surface area contributed by atoms with Crippen molar-refractivity contribution < 1.29 is 19.8 Å². The SMILES string of the molecule is O=C(CCc1ccncc1)NCC(O)C(=O)O. The number of carboxylic acid groups (broad SMARTS) is 1. The molecule has 1 atom stereocenters. The molecule has 0 aromatic carbocycles. The minimum absolute atomic E-state index is 0.246. The van der Waals surface area contributed by atoms with Crippen LogP contribution in [0.25, 0.3) is 0 Å². The Morgan fingerprint density at radius 2 is 2.00 bits per heavy atom. The molecule has 1 rings (SSSR count). The van der Waals surface area contributed by atoms with E-state index in [0.717, 1.165) is 5.56 Å². The number of aliphatic hydroxyl groups is 1. The van der Waals surface area contributed by atoms with E-state index in [0.29, 0.717) is 6.42 Å². The van der Waals surface area contributed by atoms with Gasteiger partial charge in [-0.2, -0.15) is 0 Å². The molecular weight excluding hydrogens is 224 g/mol. The van der Waals surface area contributed by atoms with Crippen molar-refractivity contribution in [2.75, 3.05) is 6.54 Å². The number of aromatic nitrogens is 1. The monoisotopic (exact) mass is 238 g/mol. The lowest BCUT2D eigenvalue weighted by molar-refractivity contribution is -0.146. The summed E-state index contributed by atoms with van der Waals surface area (Å²) in [6, 6.07) is 3.61. The molecule has 6 nitrogen and oxygen atoms in total. The first-order valence-electron chi connectivity index (χ1n) is 5.16. The molecule has 17 heavy (non-hydrogen) atoms. The summed E-state index contributed by atoms with van der Waals surface area (Å²) < 4.78 is 0. The number of pyridine rings is 1. The number of carbonyl (C=O) groups excluding carboxylic acids is 1. The van der Waals surface area contributed by atoms with Crippen molar-refractivity contribution >= 4 is 11.9 Å². The molecule has 0 aliphatic heterocycles. The van der Waals surface area contributed by atoms with E-state index in [9.17, 15) is 9.59 Å². The molecule has 0 spiro atoms. The van der Waals surface area contributed by atoms with E-state index in [1.165, 1.54) is 0 Å². The summed E-state index contributed by atoms with van der Waals surface area (Å²) in [5.74, 6) is -1.64. The molecule has 3 N–H and O–H groups in total. The Kier molecular flexibility index (Phi) is 5.09. The molecule has 1 aromatic rings. The van der Waals surface area contributed by atoms with Crippen LogP contribution in [0.4, 0.5) is 0 Å². The van der Waals surface area contributed by atoms with Crippen LogP contribution in [0.5, 0.6) is 0 Å². The second kappa shape index (κ2) is 6.59. The normalized spacial score (nSPS) is 11.8. The maximum atomic E-state index is 11.3. The van der Waals surface area contributed by atoms with Crippen LogP contribution in [0.2, 0.25) is 0 Å². The van der Waals surface area contributed by atoms with E-state index in [-0.39, 0.29) is 18.9 Å². The number of nitrogens with zero attached hydrogens (tertiary/aromatic N) is 1. The van der Waals surface area contributed by atoms with Crippen molar-refractivity contribution in [3.05, 3.63) is 30.1 Å². The average molecular weight is 238 g/mol. The van der Waals surface area contributed by atoms with Gasteiger partial charge in [-0.3, -0.25) is 9.78 Å².